The molecule has 112 valence electrons. The van der Waals surface area contributed by atoms with Crippen LogP contribution in [0.25, 0.3) is 0 Å². The van der Waals surface area contributed by atoms with Gasteiger partial charge in [0.1, 0.15) is 11.6 Å². The highest BCUT2D eigenvalue weighted by Crippen LogP contribution is 2.27. The summed E-state index contributed by atoms with van der Waals surface area (Å²) in [5.74, 6) is 0.307. The van der Waals surface area contributed by atoms with Crippen LogP contribution in [0, 0.1) is 15.9 Å². The van der Waals surface area contributed by atoms with Gasteiger partial charge < -0.3 is 10.1 Å². The van der Waals surface area contributed by atoms with E-state index in [0.717, 1.165) is 6.54 Å². The highest BCUT2D eigenvalue weighted by atomic mass is 19.1. The third-order valence-electron chi connectivity index (χ3n) is 3.14. The number of ether oxygens (including phenoxy) is 1. The number of non-ortho nitro benzene ring substituents is 1. The number of hydrogen-bond donors (Lipinski definition) is 1. The molecule has 0 aromatic heterocycles. The lowest BCUT2D eigenvalue weighted by Crippen LogP contribution is -2.19. The molecule has 0 unspecified atom stereocenters. The van der Waals surface area contributed by atoms with E-state index in [1.54, 1.807) is 6.07 Å². The first kappa shape index (κ1) is 14.0. The molecule has 0 saturated carbocycles. The Morgan fingerprint density at radius 1 is 1.27 bits per heavy atom. The lowest BCUT2D eigenvalue weighted by Gasteiger charge is -2.08. The van der Waals surface area contributed by atoms with Gasteiger partial charge in [-0.05, 0) is 24.3 Å². The van der Waals surface area contributed by atoms with Crippen molar-refractivity contribution in [2.24, 2.45) is 4.99 Å². The molecule has 1 N–H and O–H groups in total. The summed E-state index contributed by atoms with van der Waals surface area (Å²) in [6.45, 7) is 1.41. The Morgan fingerprint density at radius 2 is 2.14 bits per heavy atom. The van der Waals surface area contributed by atoms with Gasteiger partial charge in [-0.3, -0.25) is 15.1 Å². The first-order chi connectivity index (χ1) is 10.6. The average molecular weight is 301 g/mol. The third-order valence-corrected chi connectivity index (χ3v) is 3.14. The van der Waals surface area contributed by atoms with E-state index in [1.807, 2.05) is 0 Å². The van der Waals surface area contributed by atoms with E-state index < -0.39 is 10.7 Å². The molecule has 0 amide bonds. The van der Waals surface area contributed by atoms with Gasteiger partial charge in [0.25, 0.3) is 5.69 Å². The van der Waals surface area contributed by atoms with E-state index >= 15 is 0 Å². The number of benzene rings is 2. The Hall–Kier alpha value is -2.96. The van der Waals surface area contributed by atoms with Crippen LogP contribution in [0.5, 0.6) is 11.5 Å². The summed E-state index contributed by atoms with van der Waals surface area (Å²) in [5.41, 5.74) is 0.528. The predicted molar refractivity (Wildman–Crippen MR) is 79.0 cm³/mol. The number of nitrogens with zero attached hydrogens (tertiary/aromatic N) is 2. The van der Waals surface area contributed by atoms with Crippen LogP contribution in [0.2, 0.25) is 0 Å². The summed E-state index contributed by atoms with van der Waals surface area (Å²) in [7, 11) is 0. The smallest absolute Gasteiger partial charge is 0.273 e. The zero-order chi connectivity index (χ0) is 15.5. The molecule has 7 heteroatoms. The number of amidine groups is 1. The fourth-order valence-electron chi connectivity index (χ4n) is 2.11. The molecule has 0 bridgehead atoms. The SMILES string of the molecule is O=[N+]([O-])c1cccc(Oc2ccc(C3=NCCN3)cc2F)c1. The Balaban J connectivity index is 1.83. The van der Waals surface area contributed by atoms with Gasteiger partial charge in [-0.15, -0.1) is 0 Å². The quantitative estimate of drug-likeness (QED) is 0.696. The second kappa shape index (κ2) is 5.80. The fraction of sp³-hybridized carbons (Fsp3) is 0.133. The molecule has 2 aromatic carbocycles. The van der Waals surface area contributed by atoms with Gasteiger partial charge >= 0.3 is 0 Å². The van der Waals surface area contributed by atoms with E-state index in [9.17, 15) is 14.5 Å². The standard InChI is InChI=1S/C15H12FN3O3/c16-13-8-10(15-17-6-7-18-15)4-5-14(13)22-12-3-1-2-11(9-12)19(20)21/h1-5,8-9H,6-7H2,(H,17,18). The zero-order valence-corrected chi connectivity index (χ0v) is 11.5. The summed E-state index contributed by atoms with van der Waals surface area (Å²) in [4.78, 5) is 14.4. The fourth-order valence-corrected chi connectivity index (χ4v) is 2.11. The number of nitro groups is 1. The molecule has 1 heterocycles. The van der Waals surface area contributed by atoms with Crippen LogP contribution < -0.4 is 10.1 Å². The molecule has 0 atom stereocenters. The van der Waals surface area contributed by atoms with Crippen molar-refractivity contribution in [3.8, 4) is 11.5 Å². The molecule has 0 saturated heterocycles. The largest absolute Gasteiger partial charge is 0.454 e. The van der Waals surface area contributed by atoms with E-state index in [-0.39, 0.29) is 17.2 Å². The van der Waals surface area contributed by atoms with E-state index in [1.165, 1.54) is 36.4 Å². The maximum Gasteiger partial charge on any atom is 0.273 e. The summed E-state index contributed by atoms with van der Waals surface area (Å²) >= 11 is 0. The topological polar surface area (TPSA) is 76.8 Å². The second-order valence-corrected chi connectivity index (χ2v) is 4.66. The minimum Gasteiger partial charge on any atom is -0.454 e. The van der Waals surface area contributed by atoms with Crippen molar-refractivity contribution in [1.29, 1.82) is 0 Å². The minimum atomic E-state index is -0.555. The second-order valence-electron chi connectivity index (χ2n) is 4.66. The van der Waals surface area contributed by atoms with E-state index in [4.69, 9.17) is 4.74 Å². The Morgan fingerprint density at radius 3 is 2.82 bits per heavy atom. The van der Waals surface area contributed by atoms with Crippen molar-refractivity contribution in [2.45, 2.75) is 0 Å². The van der Waals surface area contributed by atoms with Gasteiger partial charge in [0.05, 0.1) is 17.5 Å². The number of nitrogens with one attached hydrogen (secondary N) is 1. The third kappa shape index (κ3) is 2.88. The summed E-state index contributed by atoms with van der Waals surface area (Å²) in [6, 6.07) is 10.1. The summed E-state index contributed by atoms with van der Waals surface area (Å²) in [5, 5.41) is 13.8. The molecule has 0 aliphatic carbocycles. The van der Waals surface area contributed by atoms with Crippen molar-refractivity contribution in [3.63, 3.8) is 0 Å². The van der Waals surface area contributed by atoms with Crippen LogP contribution in [0.3, 0.4) is 0 Å². The van der Waals surface area contributed by atoms with Gasteiger partial charge in [-0.1, -0.05) is 6.07 Å². The molecule has 6 nitrogen and oxygen atoms in total. The summed E-state index contributed by atoms with van der Waals surface area (Å²) in [6.07, 6.45) is 0. The Kier molecular flexibility index (Phi) is 3.69. The molecule has 0 radical (unpaired) electrons. The van der Waals surface area contributed by atoms with Gasteiger partial charge in [-0.25, -0.2) is 4.39 Å². The van der Waals surface area contributed by atoms with Crippen molar-refractivity contribution >= 4 is 11.5 Å². The number of nitro benzene ring substituents is 1. The molecule has 1 aliphatic rings. The molecule has 3 rings (SSSR count). The minimum absolute atomic E-state index is 0.00263. The molecular weight excluding hydrogens is 289 g/mol. The van der Waals surface area contributed by atoms with Crippen LogP contribution in [-0.4, -0.2) is 23.8 Å². The van der Waals surface area contributed by atoms with Crippen LogP contribution in [-0.2, 0) is 0 Å². The molecule has 0 spiro atoms. The van der Waals surface area contributed by atoms with Crippen LogP contribution >= 0.6 is 0 Å². The molecule has 22 heavy (non-hydrogen) atoms. The monoisotopic (exact) mass is 301 g/mol. The molecule has 0 fully saturated rings. The predicted octanol–water partition coefficient (Wildman–Crippen LogP) is 2.88. The lowest BCUT2D eigenvalue weighted by molar-refractivity contribution is -0.384. The van der Waals surface area contributed by atoms with Crippen molar-refractivity contribution in [3.05, 3.63) is 64.0 Å². The van der Waals surface area contributed by atoms with Crippen LogP contribution in [0.4, 0.5) is 10.1 Å². The van der Waals surface area contributed by atoms with Crippen LogP contribution in [0.1, 0.15) is 5.56 Å². The normalized spacial score (nSPS) is 13.4. The number of rotatable bonds is 4. The first-order valence-corrected chi connectivity index (χ1v) is 6.64. The van der Waals surface area contributed by atoms with Gasteiger partial charge in [0, 0.05) is 18.2 Å². The van der Waals surface area contributed by atoms with E-state index in [2.05, 4.69) is 10.3 Å². The summed E-state index contributed by atoms with van der Waals surface area (Å²) < 4.78 is 19.5. The highest BCUT2D eigenvalue weighted by molar-refractivity contribution is 5.99. The lowest BCUT2D eigenvalue weighted by atomic mass is 10.2. The molecular formula is C15H12FN3O3. The zero-order valence-electron chi connectivity index (χ0n) is 11.5. The molecule has 1 aliphatic heterocycles. The average Bonchev–Trinajstić information content (AvgIpc) is 3.04. The van der Waals surface area contributed by atoms with Crippen molar-refractivity contribution in [2.75, 3.05) is 13.1 Å². The van der Waals surface area contributed by atoms with Crippen molar-refractivity contribution in [1.82, 2.24) is 5.32 Å². The number of aliphatic imine (C=N–C) groups is 1. The first-order valence-electron chi connectivity index (χ1n) is 6.64. The van der Waals surface area contributed by atoms with Crippen LogP contribution in [0.15, 0.2) is 47.5 Å². The molecule has 2 aromatic rings. The van der Waals surface area contributed by atoms with Gasteiger partial charge in [0.15, 0.2) is 11.6 Å². The Bertz CT molecular complexity index is 761. The number of hydrogen-bond acceptors (Lipinski definition) is 5. The van der Waals surface area contributed by atoms with Crippen molar-refractivity contribution < 1.29 is 14.1 Å². The van der Waals surface area contributed by atoms with E-state index in [0.29, 0.717) is 17.9 Å². The maximum atomic E-state index is 14.1. The van der Waals surface area contributed by atoms with Gasteiger partial charge in [-0.2, -0.15) is 0 Å². The number of halogens is 1. The maximum absolute atomic E-state index is 14.1. The Labute approximate surface area is 125 Å². The van der Waals surface area contributed by atoms with Gasteiger partial charge in [0.2, 0.25) is 0 Å². The highest BCUT2D eigenvalue weighted by Gasteiger charge is 2.13.